The van der Waals surface area contributed by atoms with Crippen LogP contribution in [0.3, 0.4) is 0 Å². The smallest absolute Gasteiger partial charge is 0.157 e. The maximum Gasteiger partial charge on any atom is 0.157 e. The van der Waals surface area contributed by atoms with Crippen LogP contribution >= 0.6 is 0 Å². The van der Waals surface area contributed by atoms with Crippen molar-refractivity contribution in [3.8, 4) is 0 Å². The molecule has 0 aromatic rings. The number of unbranched alkanes of at least 4 members (excludes halogenated alkanes) is 2. The largest absolute Gasteiger partial charge is 0.350 e. The molecule has 0 saturated carbocycles. The molecule has 0 aliphatic carbocycles. The van der Waals surface area contributed by atoms with Gasteiger partial charge in [-0.3, -0.25) is 0 Å². The number of rotatable bonds is 6. The Kier molecular flexibility index (Phi) is 4.86. The van der Waals surface area contributed by atoms with Crippen LogP contribution in [0.2, 0.25) is 0 Å². The molecule has 0 unspecified atom stereocenters. The molecule has 4 heteroatoms. The van der Waals surface area contributed by atoms with Crippen LogP contribution in [0.15, 0.2) is 0 Å². The van der Waals surface area contributed by atoms with Gasteiger partial charge < -0.3 is 18.9 Å². The molecule has 0 aromatic carbocycles. The molecule has 15 heavy (non-hydrogen) atoms. The quantitative estimate of drug-likeness (QED) is 0.633. The van der Waals surface area contributed by atoms with Crippen molar-refractivity contribution >= 4 is 0 Å². The van der Waals surface area contributed by atoms with Crippen molar-refractivity contribution in [2.45, 2.75) is 44.7 Å². The molecule has 2 rings (SSSR count). The fourth-order valence-electron chi connectivity index (χ4n) is 1.95. The van der Waals surface area contributed by atoms with E-state index in [0.29, 0.717) is 0 Å². The molecule has 0 atom stereocenters. The monoisotopic (exact) mass is 216 g/mol. The van der Waals surface area contributed by atoms with Gasteiger partial charge in [0.1, 0.15) is 0 Å². The predicted molar refractivity (Wildman–Crippen MR) is 54.5 cm³/mol. The van der Waals surface area contributed by atoms with E-state index in [4.69, 9.17) is 18.9 Å². The Labute approximate surface area is 90.8 Å². The molecular weight excluding hydrogens is 196 g/mol. The molecule has 0 N–H and O–H groups in total. The van der Waals surface area contributed by atoms with Crippen LogP contribution in [0.4, 0.5) is 0 Å². The van der Waals surface area contributed by atoms with Crippen LogP contribution in [0.1, 0.15) is 32.1 Å². The molecular formula is C11H20O4. The van der Waals surface area contributed by atoms with Crippen LogP contribution < -0.4 is 0 Å². The summed E-state index contributed by atoms with van der Waals surface area (Å²) in [5.41, 5.74) is 0. The van der Waals surface area contributed by atoms with Crippen LogP contribution in [-0.2, 0) is 18.9 Å². The van der Waals surface area contributed by atoms with Crippen molar-refractivity contribution in [3.63, 3.8) is 0 Å². The fraction of sp³-hybridized carbons (Fsp3) is 1.00. The predicted octanol–water partition coefficient (Wildman–Crippen LogP) is 1.68. The highest BCUT2D eigenvalue weighted by molar-refractivity contribution is 4.56. The fourth-order valence-corrected chi connectivity index (χ4v) is 1.95. The van der Waals surface area contributed by atoms with E-state index in [1.54, 1.807) is 0 Å². The third-order valence-corrected chi connectivity index (χ3v) is 2.76. The Bertz CT molecular complexity index is 144. The lowest BCUT2D eigenvalue weighted by Crippen LogP contribution is -2.08. The summed E-state index contributed by atoms with van der Waals surface area (Å²) >= 11 is 0. The lowest BCUT2D eigenvalue weighted by molar-refractivity contribution is -0.0525. The van der Waals surface area contributed by atoms with Gasteiger partial charge in [-0.1, -0.05) is 6.42 Å². The standard InChI is InChI=1S/C11H20O4/c1(2-4-10-12-6-7-13-10)3-5-11-14-8-9-15-11/h10-11H,1-9H2. The van der Waals surface area contributed by atoms with Crippen LogP contribution in [-0.4, -0.2) is 39.0 Å². The average Bonchev–Trinajstić information content (AvgIpc) is 2.88. The van der Waals surface area contributed by atoms with Crippen molar-refractivity contribution in [2.75, 3.05) is 26.4 Å². The highest BCUT2D eigenvalue weighted by atomic mass is 16.7. The minimum atomic E-state index is 0.0592. The summed E-state index contributed by atoms with van der Waals surface area (Å²) in [7, 11) is 0. The van der Waals surface area contributed by atoms with E-state index in [0.717, 1.165) is 52.1 Å². The Morgan fingerprint density at radius 1 is 0.600 bits per heavy atom. The summed E-state index contributed by atoms with van der Waals surface area (Å²) in [5, 5.41) is 0. The highest BCUT2D eigenvalue weighted by Gasteiger charge is 2.16. The molecule has 2 aliphatic heterocycles. The second kappa shape index (κ2) is 6.43. The third kappa shape index (κ3) is 4.07. The van der Waals surface area contributed by atoms with Gasteiger partial charge in [0.05, 0.1) is 26.4 Å². The van der Waals surface area contributed by atoms with Gasteiger partial charge in [0.2, 0.25) is 0 Å². The first kappa shape index (κ1) is 11.3. The topological polar surface area (TPSA) is 36.9 Å². The minimum Gasteiger partial charge on any atom is -0.350 e. The molecule has 88 valence electrons. The summed E-state index contributed by atoms with van der Waals surface area (Å²) in [5.74, 6) is 0. The van der Waals surface area contributed by atoms with Gasteiger partial charge >= 0.3 is 0 Å². The number of ether oxygens (including phenoxy) is 4. The highest BCUT2D eigenvalue weighted by Crippen LogP contribution is 2.16. The third-order valence-electron chi connectivity index (χ3n) is 2.76. The summed E-state index contributed by atoms with van der Waals surface area (Å²) in [6.45, 7) is 3.03. The van der Waals surface area contributed by atoms with E-state index in [1.165, 1.54) is 6.42 Å². The van der Waals surface area contributed by atoms with Gasteiger partial charge in [0, 0.05) is 0 Å². The zero-order valence-corrected chi connectivity index (χ0v) is 9.15. The van der Waals surface area contributed by atoms with E-state index >= 15 is 0 Å². The average molecular weight is 216 g/mol. The first-order valence-corrected chi connectivity index (χ1v) is 5.91. The van der Waals surface area contributed by atoms with Crippen LogP contribution in [0.5, 0.6) is 0 Å². The minimum absolute atomic E-state index is 0.0592. The maximum atomic E-state index is 5.36. The van der Waals surface area contributed by atoms with Gasteiger partial charge in [-0.15, -0.1) is 0 Å². The van der Waals surface area contributed by atoms with E-state index in [1.807, 2.05) is 0 Å². The van der Waals surface area contributed by atoms with E-state index in [2.05, 4.69) is 0 Å². The molecule has 2 aliphatic rings. The van der Waals surface area contributed by atoms with Gasteiger partial charge in [0.15, 0.2) is 12.6 Å². The lowest BCUT2D eigenvalue weighted by Gasteiger charge is -2.10. The molecule has 4 nitrogen and oxygen atoms in total. The second-order valence-corrected chi connectivity index (χ2v) is 3.98. The molecule has 0 bridgehead atoms. The van der Waals surface area contributed by atoms with E-state index < -0.39 is 0 Å². The molecule has 2 fully saturated rings. The van der Waals surface area contributed by atoms with Crippen LogP contribution in [0.25, 0.3) is 0 Å². The van der Waals surface area contributed by atoms with Crippen molar-refractivity contribution in [1.29, 1.82) is 0 Å². The maximum absolute atomic E-state index is 5.36. The van der Waals surface area contributed by atoms with Crippen LogP contribution in [0, 0.1) is 0 Å². The van der Waals surface area contributed by atoms with Crippen molar-refractivity contribution < 1.29 is 18.9 Å². The number of hydrogen-bond acceptors (Lipinski definition) is 4. The zero-order chi connectivity index (χ0) is 10.3. The molecule has 0 radical (unpaired) electrons. The molecule has 0 aromatic heterocycles. The SMILES string of the molecule is C(CCC1OCCO1)CCC1OCCO1. The second-order valence-electron chi connectivity index (χ2n) is 3.98. The van der Waals surface area contributed by atoms with Gasteiger partial charge in [-0.25, -0.2) is 0 Å². The summed E-state index contributed by atoms with van der Waals surface area (Å²) in [6.07, 6.45) is 5.69. The summed E-state index contributed by atoms with van der Waals surface area (Å²) in [4.78, 5) is 0. The van der Waals surface area contributed by atoms with Gasteiger partial charge in [-0.05, 0) is 25.7 Å². The van der Waals surface area contributed by atoms with E-state index in [9.17, 15) is 0 Å². The van der Waals surface area contributed by atoms with Crippen molar-refractivity contribution in [1.82, 2.24) is 0 Å². The number of hydrogen-bond donors (Lipinski definition) is 0. The van der Waals surface area contributed by atoms with E-state index in [-0.39, 0.29) is 12.6 Å². The van der Waals surface area contributed by atoms with Gasteiger partial charge in [0.25, 0.3) is 0 Å². The molecule has 0 amide bonds. The Morgan fingerprint density at radius 3 is 1.40 bits per heavy atom. The zero-order valence-electron chi connectivity index (χ0n) is 9.15. The Balaban J connectivity index is 1.41. The molecule has 2 heterocycles. The molecule has 0 spiro atoms. The van der Waals surface area contributed by atoms with Crippen molar-refractivity contribution in [3.05, 3.63) is 0 Å². The summed E-state index contributed by atoms with van der Waals surface area (Å²) in [6, 6.07) is 0. The normalized spacial score (nSPS) is 24.0. The Morgan fingerprint density at radius 2 is 1.00 bits per heavy atom. The lowest BCUT2D eigenvalue weighted by atomic mass is 10.1. The Hall–Kier alpha value is -0.160. The summed E-state index contributed by atoms with van der Waals surface area (Å²) < 4.78 is 21.4. The molecule has 2 saturated heterocycles. The van der Waals surface area contributed by atoms with Crippen molar-refractivity contribution in [2.24, 2.45) is 0 Å². The first-order chi connectivity index (χ1) is 7.45. The van der Waals surface area contributed by atoms with Gasteiger partial charge in [-0.2, -0.15) is 0 Å². The first-order valence-electron chi connectivity index (χ1n) is 5.91.